The van der Waals surface area contributed by atoms with E-state index in [2.05, 4.69) is 11.9 Å². The van der Waals surface area contributed by atoms with Crippen LogP contribution >= 0.6 is 0 Å². The molecule has 0 unspecified atom stereocenters. The largest absolute Gasteiger partial charge is 0.481 e. The lowest BCUT2D eigenvalue weighted by molar-refractivity contribution is -0.136. The number of nitrogens with zero attached hydrogens (tertiary/aromatic N) is 1. The Balaban J connectivity index is 0. The summed E-state index contributed by atoms with van der Waals surface area (Å²) in [5.74, 6) is -1.65. The molecule has 0 spiro atoms. The van der Waals surface area contributed by atoms with Crippen LogP contribution in [0.5, 0.6) is 0 Å². The Bertz CT molecular complexity index is 275. The Morgan fingerprint density at radius 2 is 1.42 bits per heavy atom. The van der Waals surface area contributed by atoms with Crippen LogP contribution < -0.4 is 0 Å². The highest BCUT2D eigenvalue weighted by molar-refractivity contribution is 6.34. The van der Waals surface area contributed by atoms with Crippen LogP contribution in [0.25, 0.3) is 0 Å². The molecule has 0 saturated carbocycles. The molecular formula is C14H27NO4. The Hall–Kier alpha value is -1.39. The van der Waals surface area contributed by atoms with Gasteiger partial charge in [-0.15, -0.1) is 0 Å². The zero-order chi connectivity index (χ0) is 15.1. The standard InChI is InChI=1S/C11H21NO2.C3H6O2/c1-3-4-5-6-7-8-9-12-10(2)11(13)14;1-2-3(4)5/h3-9H2,1-2H3,(H,13,14);2H2,1H3,(H,4,5). The van der Waals surface area contributed by atoms with Crippen molar-refractivity contribution in [1.29, 1.82) is 0 Å². The summed E-state index contributed by atoms with van der Waals surface area (Å²) in [4.78, 5) is 23.7. The molecule has 0 aromatic carbocycles. The third kappa shape index (κ3) is 19.1. The minimum Gasteiger partial charge on any atom is -0.481 e. The van der Waals surface area contributed by atoms with Gasteiger partial charge >= 0.3 is 11.9 Å². The van der Waals surface area contributed by atoms with Crippen molar-refractivity contribution in [2.75, 3.05) is 6.54 Å². The summed E-state index contributed by atoms with van der Waals surface area (Å²) < 4.78 is 0. The van der Waals surface area contributed by atoms with E-state index < -0.39 is 11.9 Å². The van der Waals surface area contributed by atoms with Gasteiger partial charge in [-0.2, -0.15) is 0 Å². The van der Waals surface area contributed by atoms with Crippen molar-refractivity contribution in [2.24, 2.45) is 4.99 Å². The van der Waals surface area contributed by atoms with Crippen LogP contribution in [0.15, 0.2) is 4.99 Å². The molecule has 19 heavy (non-hydrogen) atoms. The van der Waals surface area contributed by atoms with Gasteiger partial charge in [0, 0.05) is 13.0 Å². The minimum absolute atomic E-state index is 0.221. The van der Waals surface area contributed by atoms with Gasteiger partial charge in [-0.3, -0.25) is 9.79 Å². The maximum Gasteiger partial charge on any atom is 0.349 e. The summed E-state index contributed by atoms with van der Waals surface area (Å²) in [7, 11) is 0. The van der Waals surface area contributed by atoms with Crippen LogP contribution in [0.2, 0.25) is 0 Å². The van der Waals surface area contributed by atoms with E-state index in [1.165, 1.54) is 25.7 Å². The van der Waals surface area contributed by atoms with Crippen molar-refractivity contribution in [3.63, 3.8) is 0 Å². The zero-order valence-electron chi connectivity index (χ0n) is 12.3. The summed E-state index contributed by atoms with van der Waals surface area (Å²) in [5, 5.41) is 16.2. The molecule has 0 rings (SSSR count). The topological polar surface area (TPSA) is 87.0 Å². The van der Waals surface area contributed by atoms with E-state index in [1.54, 1.807) is 13.8 Å². The fourth-order valence-electron chi connectivity index (χ4n) is 1.21. The lowest BCUT2D eigenvalue weighted by Crippen LogP contribution is -2.08. The van der Waals surface area contributed by atoms with Crippen LogP contribution in [-0.2, 0) is 9.59 Å². The number of aliphatic imine (C=N–C) groups is 1. The summed E-state index contributed by atoms with van der Waals surface area (Å²) in [6, 6.07) is 0. The first-order chi connectivity index (χ1) is 8.95. The second kappa shape index (κ2) is 14.7. The molecule has 0 saturated heterocycles. The Labute approximate surface area is 115 Å². The smallest absolute Gasteiger partial charge is 0.349 e. The maximum atomic E-state index is 10.4. The van der Waals surface area contributed by atoms with Gasteiger partial charge in [0.05, 0.1) is 0 Å². The summed E-state index contributed by atoms with van der Waals surface area (Å²) >= 11 is 0. The number of unbranched alkanes of at least 4 members (excludes halogenated alkanes) is 5. The van der Waals surface area contributed by atoms with E-state index >= 15 is 0 Å². The van der Waals surface area contributed by atoms with Gasteiger partial charge < -0.3 is 10.2 Å². The van der Waals surface area contributed by atoms with E-state index in [9.17, 15) is 9.59 Å². The molecule has 0 heterocycles. The van der Waals surface area contributed by atoms with Gasteiger partial charge in [0.15, 0.2) is 0 Å². The predicted molar refractivity (Wildman–Crippen MR) is 76.9 cm³/mol. The molecule has 0 amide bonds. The number of carboxylic acids is 2. The number of hydrogen-bond acceptors (Lipinski definition) is 3. The highest BCUT2D eigenvalue weighted by Gasteiger charge is 1.99. The number of carboxylic acid groups (broad SMARTS) is 2. The summed E-state index contributed by atoms with van der Waals surface area (Å²) in [6.45, 7) is 5.99. The molecule has 0 radical (unpaired) electrons. The molecule has 0 aliphatic heterocycles. The van der Waals surface area contributed by atoms with Crippen molar-refractivity contribution in [3.8, 4) is 0 Å². The highest BCUT2D eigenvalue weighted by atomic mass is 16.4. The molecule has 0 aromatic rings. The third-order valence-electron chi connectivity index (χ3n) is 2.47. The van der Waals surface area contributed by atoms with Crippen molar-refractivity contribution in [1.82, 2.24) is 0 Å². The zero-order valence-corrected chi connectivity index (χ0v) is 12.3. The average Bonchev–Trinajstić information content (AvgIpc) is 2.38. The molecule has 0 bridgehead atoms. The van der Waals surface area contributed by atoms with Crippen LogP contribution in [0, 0.1) is 0 Å². The number of rotatable bonds is 9. The Morgan fingerprint density at radius 1 is 0.947 bits per heavy atom. The molecule has 5 nitrogen and oxygen atoms in total. The fraction of sp³-hybridized carbons (Fsp3) is 0.786. The molecule has 5 heteroatoms. The number of carbonyl (C=O) groups is 2. The highest BCUT2D eigenvalue weighted by Crippen LogP contribution is 2.04. The quantitative estimate of drug-likeness (QED) is 0.498. The predicted octanol–water partition coefficient (Wildman–Crippen LogP) is 3.37. The first kappa shape index (κ1) is 19.9. The van der Waals surface area contributed by atoms with E-state index in [0.29, 0.717) is 6.54 Å². The van der Waals surface area contributed by atoms with Crippen molar-refractivity contribution >= 4 is 17.7 Å². The number of hydrogen-bond donors (Lipinski definition) is 2. The fourth-order valence-corrected chi connectivity index (χ4v) is 1.21. The molecule has 112 valence electrons. The molecule has 0 fully saturated rings. The maximum absolute atomic E-state index is 10.4. The lowest BCUT2D eigenvalue weighted by atomic mass is 10.1. The summed E-state index contributed by atoms with van der Waals surface area (Å²) in [5.41, 5.74) is 0.221. The average molecular weight is 273 g/mol. The SMILES string of the molecule is CCC(=O)O.CCCCCCCCN=C(C)C(=O)O. The van der Waals surface area contributed by atoms with Gasteiger partial charge in [-0.25, -0.2) is 4.79 Å². The van der Waals surface area contributed by atoms with Crippen LogP contribution in [0.4, 0.5) is 0 Å². The second-order valence-electron chi connectivity index (χ2n) is 4.29. The van der Waals surface area contributed by atoms with Crippen LogP contribution in [0.3, 0.4) is 0 Å². The molecule has 0 aliphatic carbocycles. The van der Waals surface area contributed by atoms with Crippen LogP contribution in [0.1, 0.15) is 65.7 Å². The van der Waals surface area contributed by atoms with Crippen molar-refractivity contribution < 1.29 is 19.8 Å². The van der Waals surface area contributed by atoms with Crippen molar-refractivity contribution in [2.45, 2.75) is 65.7 Å². The molecular weight excluding hydrogens is 246 g/mol. The van der Waals surface area contributed by atoms with Gasteiger partial charge in [0.2, 0.25) is 0 Å². The molecule has 0 aliphatic rings. The third-order valence-corrected chi connectivity index (χ3v) is 2.47. The van der Waals surface area contributed by atoms with E-state index in [-0.39, 0.29) is 12.1 Å². The molecule has 2 N–H and O–H groups in total. The van der Waals surface area contributed by atoms with Crippen molar-refractivity contribution in [3.05, 3.63) is 0 Å². The molecule has 0 atom stereocenters. The molecule has 0 aromatic heterocycles. The van der Waals surface area contributed by atoms with Gasteiger partial charge in [-0.05, 0) is 13.3 Å². The minimum atomic E-state index is -0.906. The normalized spacial score (nSPS) is 10.6. The second-order valence-corrected chi connectivity index (χ2v) is 4.29. The monoisotopic (exact) mass is 273 g/mol. The van der Waals surface area contributed by atoms with E-state index in [1.807, 2.05) is 0 Å². The Morgan fingerprint density at radius 3 is 1.84 bits per heavy atom. The van der Waals surface area contributed by atoms with Crippen LogP contribution in [-0.4, -0.2) is 34.4 Å². The lowest BCUT2D eigenvalue weighted by Gasteiger charge is -1.98. The number of aliphatic carboxylic acids is 2. The van der Waals surface area contributed by atoms with Gasteiger partial charge in [0.1, 0.15) is 5.71 Å². The Kier molecular flexibility index (Phi) is 15.4. The first-order valence-electron chi connectivity index (χ1n) is 6.91. The van der Waals surface area contributed by atoms with E-state index in [4.69, 9.17) is 10.2 Å². The first-order valence-corrected chi connectivity index (χ1v) is 6.91. The van der Waals surface area contributed by atoms with E-state index in [0.717, 1.165) is 12.8 Å². The van der Waals surface area contributed by atoms with Gasteiger partial charge in [-0.1, -0.05) is 46.0 Å². The van der Waals surface area contributed by atoms with Gasteiger partial charge in [0.25, 0.3) is 0 Å². The summed E-state index contributed by atoms with van der Waals surface area (Å²) in [6.07, 6.45) is 7.49.